The van der Waals surface area contributed by atoms with Crippen LogP contribution in [0.15, 0.2) is 0 Å². The first-order valence-electron chi connectivity index (χ1n) is 31.4. The number of nitrogens with zero attached hydrogens (tertiary/aromatic N) is 1. The Kier molecular flexibility index (Phi) is 52.9. The van der Waals surface area contributed by atoms with Crippen LogP contribution in [0.25, 0.3) is 0 Å². The van der Waals surface area contributed by atoms with Crippen LogP contribution in [0, 0.1) is 0 Å². The Morgan fingerprint density at radius 2 is 0.686 bits per heavy atom. The van der Waals surface area contributed by atoms with Gasteiger partial charge in [0.15, 0.2) is 0 Å². The first-order valence-corrected chi connectivity index (χ1v) is 32.9. The number of likely N-dealkylation sites (N-methyl/N-ethyl adjacent to an activating group) is 1. The van der Waals surface area contributed by atoms with Gasteiger partial charge in [-0.3, -0.25) is 13.8 Å². The molecule has 0 aromatic rings. The number of aliphatic hydroxyl groups excluding tert-OH is 1. The third kappa shape index (κ3) is 55.3. The van der Waals surface area contributed by atoms with Gasteiger partial charge in [0.1, 0.15) is 13.2 Å². The number of nitrogens with one attached hydrogen (secondary N) is 1. The number of aliphatic hydroxyl groups is 1. The van der Waals surface area contributed by atoms with Crippen molar-refractivity contribution in [1.82, 2.24) is 5.32 Å². The standard InChI is InChI=1S/C61H125N2O6P/c1-6-8-10-12-14-16-18-20-22-24-26-28-29-30-31-32-33-35-37-39-41-43-45-47-49-51-53-55-61(65)62-59(58-69-70(66,67)68-57-56-63(3,4)5)60(64)54-52-50-48-46-44-42-40-38-36-34-27-25-23-21-19-17-15-13-11-9-7-2/h59-60,64H,6-58H2,1-5H3,(H-,62,65,66,67)/p+1. The molecule has 0 aliphatic rings. The zero-order valence-electron chi connectivity index (χ0n) is 48.1. The minimum Gasteiger partial charge on any atom is -0.391 e. The van der Waals surface area contributed by atoms with Crippen LogP contribution in [0.3, 0.4) is 0 Å². The Morgan fingerprint density at radius 1 is 0.429 bits per heavy atom. The van der Waals surface area contributed by atoms with Gasteiger partial charge in [0.05, 0.1) is 39.9 Å². The second kappa shape index (κ2) is 53.3. The fourth-order valence-corrected chi connectivity index (χ4v) is 10.7. The lowest BCUT2D eigenvalue weighted by molar-refractivity contribution is -0.870. The van der Waals surface area contributed by atoms with E-state index in [0.717, 1.165) is 38.5 Å². The van der Waals surface area contributed by atoms with E-state index < -0.39 is 20.0 Å². The van der Waals surface area contributed by atoms with Crippen molar-refractivity contribution in [2.75, 3.05) is 40.9 Å². The minimum atomic E-state index is -4.32. The van der Waals surface area contributed by atoms with Crippen LogP contribution in [0.5, 0.6) is 0 Å². The van der Waals surface area contributed by atoms with Crippen LogP contribution in [0.4, 0.5) is 0 Å². The van der Waals surface area contributed by atoms with E-state index in [9.17, 15) is 19.4 Å². The molecule has 0 aliphatic carbocycles. The van der Waals surface area contributed by atoms with Crippen LogP contribution >= 0.6 is 7.82 Å². The molecule has 70 heavy (non-hydrogen) atoms. The van der Waals surface area contributed by atoms with Gasteiger partial charge in [-0.1, -0.05) is 316 Å². The molecule has 1 amide bonds. The summed E-state index contributed by atoms with van der Waals surface area (Å²) in [6.45, 7) is 4.96. The van der Waals surface area contributed by atoms with E-state index in [-0.39, 0.29) is 19.1 Å². The molecule has 0 spiro atoms. The largest absolute Gasteiger partial charge is 0.472 e. The Labute approximate surface area is 438 Å². The summed E-state index contributed by atoms with van der Waals surface area (Å²) in [6, 6.07) is -0.756. The maximum absolute atomic E-state index is 13.0. The summed E-state index contributed by atoms with van der Waals surface area (Å²) in [4.78, 5) is 23.4. The number of carbonyl (C=O) groups excluding carboxylic acids is 1. The fraction of sp³-hybridized carbons (Fsp3) is 0.984. The molecule has 0 bridgehead atoms. The summed E-state index contributed by atoms with van der Waals surface area (Å²) in [5, 5.41) is 14.1. The summed E-state index contributed by atoms with van der Waals surface area (Å²) in [7, 11) is 1.64. The maximum atomic E-state index is 13.0. The second-order valence-electron chi connectivity index (χ2n) is 23.2. The lowest BCUT2D eigenvalue weighted by atomic mass is 10.0. The number of hydrogen-bond acceptors (Lipinski definition) is 5. The molecule has 0 saturated carbocycles. The number of phosphoric acid groups is 1. The molecule has 3 atom stereocenters. The van der Waals surface area contributed by atoms with Gasteiger partial charge in [-0.05, 0) is 12.8 Å². The predicted molar refractivity (Wildman–Crippen MR) is 305 cm³/mol. The quantitative estimate of drug-likeness (QED) is 0.0318. The molecule has 0 aromatic heterocycles. The molecule has 0 aliphatic heterocycles. The van der Waals surface area contributed by atoms with E-state index in [1.165, 1.54) is 270 Å². The molecular weight excluding hydrogens is 888 g/mol. The Bertz CT molecular complexity index is 1100. The van der Waals surface area contributed by atoms with E-state index in [1.807, 2.05) is 21.1 Å². The van der Waals surface area contributed by atoms with Gasteiger partial charge in [0, 0.05) is 6.42 Å². The first kappa shape index (κ1) is 69.5. The normalized spacial score (nSPS) is 13.8. The highest BCUT2D eigenvalue weighted by atomic mass is 31.2. The molecule has 8 nitrogen and oxygen atoms in total. The predicted octanol–water partition coefficient (Wildman–Crippen LogP) is 19.2. The van der Waals surface area contributed by atoms with Gasteiger partial charge >= 0.3 is 7.82 Å². The molecule has 0 aromatic carbocycles. The van der Waals surface area contributed by atoms with Gasteiger partial charge in [0.25, 0.3) is 0 Å². The van der Waals surface area contributed by atoms with Crippen molar-refractivity contribution < 1.29 is 32.9 Å². The monoisotopic (exact) mass is 1010 g/mol. The number of quaternary nitrogens is 1. The number of carbonyl (C=O) groups is 1. The summed E-state index contributed by atoms with van der Waals surface area (Å²) < 4.78 is 23.8. The topological polar surface area (TPSA) is 105 Å². The maximum Gasteiger partial charge on any atom is 0.472 e. The summed E-state index contributed by atoms with van der Waals surface area (Å²) in [5.74, 6) is -0.134. The van der Waals surface area contributed by atoms with Gasteiger partial charge in [-0.25, -0.2) is 4.57 Å². The van der Waals surface area contributed by atoms with Crippen molar-refractivity contribution in [3.63, 3.8) is 0 Å². The van der Waals surface area contributed by atoms with E-state index >= 15 is 0 Å². The van der Waals surface area contributed by atoms with Gasteiger partial charge in [-0.15, -0.1) is 0 Å². The van der Waals surface area contributed by atoms with Crippen LogP contribution in [0.2, 0.25) is 0 Å². The molecular formula is C61H126N2O6P+. The third-order valence-corrected chi connectivity index (χ3v) is 15.8. The lowest BCUT2D eigenvalue weighted by Crippen LogP contribution is -2.46. The van der Waals surface area contributed by atoms with Crippen molar-refractivity contribution >= 4 is 13.7 Å². The molecule has 3 N–H and O–H groups in total. The fourth-order valence-electron chi connectivity index (χ4n) is 9.93. The van der Waals surface area contributed by atoms with E-state index in [1.54, 1.807) is 0 Å². The number of unbranched alkanes of at least 4 members (excludes halogenated alkanes) is 46. The highest BCUT2D eigenvalue weighted by Crippen LogP contribution is 2.43. The number of hydrogen-bond donors (Lipinski definition) is 3. The molecule has 0 rings (SSSR count). The SMILES string of the molecule is CCCCCCCCCCCCCCCCCCCCCCCCCCCCCC(=O)NC(COP(=O)(O)OCC[N+](C)(C)C)C(O)CCCCCCCCCCCCCCCCCCCCCCC. The smallest absolute Gasteiger partial charge is 0.391 e. The van der Waals surface area contributed by atoms with E-state index in [4.69, 9.17) is 9.05 Å². The third-order valence-electron chi connectivity index (χ3n) is 14.9. The van der Waals surface area contributed by atoms with Crippen LogP contribution in [-0.2, 0) is 18.4 Å². The summed E-state index contributed by atoms with van der Waals surface area (Å²) in [6.07, 6.45) is 64.6. The van der Waals surface area contributed by atoms with Crippen molar-refractivity contribution in [1.29, 1.82) is 0 Å². The summed E-state index contributed by atoms with van der Waals surface area (Å²) >= 11 is 0. The number of phosphoric ester groups is 1. The molecule has 0 radical (unpaired) electrons. The highest BCUT2D eigenvalue weighted by Gasteiger charge is 2.28. The van der Waals surface area contributed by atoms with E-state index in [0.29, 0.717) is 23.9 Å². The molecule has 0 saturated heterocycles. The minimum absolute atomic E-state index is 0.0793. The molecule has 3 unspecified atom stereocenters. The zero-order valence-corrected chi connectivity index (χ0v) is 48.9. The molecule has 0 fully saturated rings. The Hall–Kier alpha value is -0.500. The van der Waals surface area contributed by atoms with Crippen LogP contribution in [-0.4, -0.2) is 73.4 Å². The van der Waals surface area contributed by atoms with Gasteiger partial charge in [0.2, 0.25) is 5.91 Å². The van der Waals surface area contributed by atoms with Crippen molar-refractivity contribution in [3.05, 3.63) is 0 Å². The first-order chi connectivity index (χ1) is 34.0. The van der Waals surface area contributed by atoms with Crippen molar-refractivity contribution in [2.45, 2.75) is 347 Å². The second-order valence-corrected chi connectivity index (χ2v) is 24.6. The Morgan fingerprint density at radius 3 is 0.957 bits per heavy atom. The zero-order chi connectivity index (χ0) is 51.3. The number of rotatable bonds is 59. The van der Waals surface area contributed by atoms with Gasteiger partial charge in [-0.2, -0.15) is 0 Å². The van der Waals surface area contributed by atoms with Crippen LogP contribution < -0.4 is 5.32 Å². The number of amides is 1. The summed E-state index contributed by atoms with van der Waals surface area (Å²) in [5.41, 5.74) is 0. The molecule has 9 heteroatoms. The molecule has 0 heterocycles. The lowest BCUT2D eigenvalue weighted by Gasteiger charge is -2.26. The van der Waals surface area contributed by atoms with Crippen molar-refractivity contribution in [3.8, 4) is 0 Å². The molecule has 420 valence electrons. The van der Waals surface area contributed by atoms with Crippen LogP contribution in [0.1, 0.15) is 335 Å². The van der Waals surface area contributed by atoms with E-state index in [2.05, 4.69) is 19.2 Å². The Balaban J connectivity index is 4.05. The van der Waals surface area contributed by atoms with Crippen molar-refractivity contribution in [2.24, 2.45) is 0 Å². The highest BCUT2D eigenvalue weighted by molar-refractivity contribution is 7.47. The van der Waals surface area contributed by atoms with Gasteiger partial charge < -0.3 is 19.8 Å². The average Bonchev–Trinajstić information content (AvgIpc) is 3.32. The average molecular weight is 1010 g/mol.